The van der Waals surface area contributed by atoms with E-state index in [0.717, 1.165) is 24.9 Å². The number of aliphatic hydroxyl groups excluding tert-OH is 1. The third kappa shape index (κ3) is 4.47. The molecule has 0 radical (unpaired) electrons. The molecule has 0 aromatic heterocycles. The first-order valence-electron chi connectivity index (χ1n) is 6.91. The van der Waals surface area contributed by atoms with Crippen LogP contribution < -0.4 is 5.32 Å². The molecular weight excluding hydrogens is 258 g/mol. The first-order valence-corrected chi connectivity index (χ1v) is 6.91. The van der Waals surface area contributed by atoms with Gasteiger partial charge in [0.2, 0.25) is 0 Å². The van der Waals surface area contributed by atoms with Gasteiger partial charge < -0.3 is 10.4 Å². The Labute approximate surface area is 119 Å². The minimum Gasteiger partial charge on any atom is -0.395 e. The monoisotopic (exact) mass is 281 g/mol. The van der Waals surface area contributed by atoms with Crippen molar-refractivity contribution in [3.8, 4) is 0 Å². The van der Waals surface area contributed by atoms with Crippen LogP contribution in [0, 0.1) is 10.1 Å². The third-order valence-corrected chi connectivity index (χ3v) is 3.21. The fourth-order valence-corrected chi connectivity index (χ4v) is 2.19. The zero-order valence-corrected chi connectivity index (χ0v) is 12.1. The summed E-state index contributed by atoms with van der Waals surface area (Å²) in [5.74, 6) is 0. The van der Waals surface area contributed by atoms with E-state index in [0.29, 0.717) is 18.8 Å². The summed E-state index contributed by atoms with van der Waals surface area (Å²) in [6.45, 7) is 4.25. The van der Waals surface area contributed by atoms with Crippen LogP contribution in [-0.2, 0) is 6.54 Å². The zero-order chi connectivity index (χ0) is 15.0. The van der Waals surface area contributed by atoms with Gasteiger partial charge in [0.15, 0.2) is 0 Å². The van der Waals surface area contributed by atoms with E-state index in [1.807, 2.05) is 6.07 Å². The van der Waals surface area contributed by atoms with Crippen LogP contribution in [0.5, 0.6) is 0 Å². The Bertz CT molecular complexity index is 438. The van der Waals surface area contributed by atoms with E-state index in [1.54, 1.807) is 13.1 Å². The van der Waals surface area contributed by atoms with Crippen molar-refractivity contribution >= 4 is 11.4 Å². The molecule has 2 N–H and O–H groups in total. The molecule has 0 aliphatic heterocycles. The van der Waals surface area contributed by atoms with E-state index in [1.165, 1.54) is 6.07 Å². The average Bonchev–Trinajstić information content (AvgIpc) is 2.44. The number of nitro benzene ring substituents is 1. The fourth-order valence-electron chi connectivity index (χ4n) is 2.19. The average molecular weight is 281 g/mol. The van der Waals surface area contributed by atoms with Crippen LogP contribution in [0.25, 0.3) is 0 Å². The van der Waals surface area contributed by atoms with Gasteiger partial charge in [0, 0.05) is 26.2 Å². The van der Waals surface area contributed by atoms with Gasteiger partial charge in [-0.05, 0) is 18.5 Å². The molecule has 0 fully saturated rings. The highest BCUT2D eigenvalue weighted by molar-refractivity contribution is 5.66. The maximum Gasteiger partial charge on any atom is 0.292 e. The van der Waals surface area contributed by atoms with E-state index < -0.39 is 0 Å². The number of aliphatic hydroxyl groups is 1. The van der Waals surface area contributed by atoms with E-state index in [2.05, 4.69) is 17.1 Å². The minimum absolute atomic E-state index is 0.0874. The van der Waals surface area contributed by atoms with Crippen molar-refractivity contribution in [3.05, 3.63) is 33.9 Å². The summed E-state index contributed by atoms with van der Waals surface area (Å²) in [6, 6.07) is 5.08. The van der Waals surface area contributed by atoms with E-state index in [9.17, 15) is 10.1 Å². The second kappa shape index (κ2) is 8.50. The molecule has 0 aliphatic rings. The second-order valence-electron chi connectivity index (χ2n) is 4.67. The lowest BCUT2D eigenvalue weighted by atomic mass is 10.1. The molecular formula is C14H23N3O3. The molecule has 0 bridgehead atoms. The first kappa shape index (κ1) is 16.4. The number of rotatable bonds is 9. The van der Waals surface area contributed by atoms with Gasteiger partial charge >= 0.3 is 0 Å². The van der Waals surface area contributed by atoms with Crippen LogP contribution in [-0.4, -0.2) is 41.7 Å². The summed E-state index contributed by atoms with van der Waals surface area (Å²) < 4.78 is 0. The molecule has 112 valence electrons. The number of nitrogens with one attached hydrogen (secondary N) is 1. The molecule has 0 unspecified atom stereocenters. The first-order chi connectivity index (χ1) is 9.63. The van der Waals surface area contributed by atoms with Gasteiger partial charge in [-0.25, -0.2) is 0 Å². The van der Waals surface area contributed by atoms with Crippen molar-refractivity contribution in [2.75, 3.05) is 32.1 Å². The van der Waals surface area contributed by atoms with Crippen LogP contribution in [0.3, 0.4) is 0 Å². The summed E-state index contributed by atoms with van der Waals surface area (Å²) in [5, 5.41) is 23.1. The second-order valence-corrected chi connectivity index (χ2v) is 4.67. The van der Waals surface area contributed by atoms with Crippen molar-refractivity contribution in [2.45, 2.75) is 26.3 Å². The standard InChI is InChI=1S/C14H23N3O3/c1-3-4-8-16(9-10-18)11-12-6-5-7-13(17(19)20)14(12)15-2/h5-7,15,18H,3-4,8-11H2,1-2H3. The van der Waals surface area contributed by atoms with Gasteiger partial charge in [-0.15, -0.1) is 0 Å². The quantitative estimate of drug-likeness (QED) is 0.536. The van der Waals surface area contributed by atoms with Crippen molar-refractivity contribution < 1.29 is 10.0 Å². The topological polar surface area (TPSA) is 78.6 Å². The normalized spacial score (nSPS) is 10.8. The maximum atomic E-state index is 11.0. The van der Waals surface area contributed by atoms with E-state index in [-0.39, 0.29) is 17.2 Å². The lowest BCUT2D eigenvalue weighted by Gasteiger charge is -2.22. The smallest absolute Gasteiger partial charge is 0.292 e. The molecule has 0 spiro atoms. The number of anilines is 1. The highest BCUT2D eigenvalue weighted by Crippen LogP contribution is 2.28. The van der Waals surface area contributed by atoms with Crippen LogP contribution >= 0.6 is 0 Å². The Morgan fingerprint density at radius 2 is 2.15 bits per heavy atom. The molecule has 1 aromatic carbocycles. The van der Waals surface area contributed by atoms with Crippen molar-refractivity contribution in [2.24, 2.45) is 0 Å². The summed E-state index contributed by atoms with van der Waals surface area (Å²) in [4.78, 5) is 12.8. The largest absolute Gasteiger partial charge is 0.395 e. The SMILES string of the molecule is CCCCN(CCO)Cc1cccc([N+](=O)[O-])c1NC. The Hall–Kier alpha value is -1.66. The number of hydrogen-bond acceptors (Lipinski definition) is 5. The Morgan fingerprint density at radius 3 is 2.70 bits per heavy atom. The minimum atomic E-state index is -0.377. The number of nitrogens with zero attached hydrogens (tertiary/aromatic N) is 2. The Balaban J connectivity index is 2.93. The van der Waals surface area contributed by atoms with Crippen LogP contribution in [0.4, 0.5) is 11.4 Å². The van der Waals surface area contributed by atoms with Crippen molar-refractivity contribution in [1.29, 1.82) is 0 Å². The van der Waals surface area contributed by atoms with E-state index in [4.69, 9.17) is 5.11 Å². The number of unbranched alkanes of at least 4 members (excludes halogenated alkanes) is 1. The van der Waals surface area contributed by atoms with Crippen molar-refractivity contribution in [3.63, 3.8) is 0 Å². The van der Waals surface area contributed by atoms with Gasteiger partial charge in [-0.1, -0.05) is 25.5 Å². The van der Waals surface area contributed by atoms with Gasteiger partial charge in [0.05, 0.1) is 11.5 Å². The van der Waals surface area contributed by atoms with Gasteiger partial charge in [0.1, 0.15) is 5.69 Å². The number of nitro groups is 1. The van der Waals surface area contributed by atoms with Gasteiger partial charge in [-0.2, -0.15) is 0 Å². The summed E-state index contributed by atoms with van der Waals surface area (Å²) in [7, 11) is 1.69. The molecule has 0 amide bonds. The molecule has 20 heavy (non-hydrogen) atoms. The molecule has 0 atom stereocenters. The van der Waals surface area contributed by atoms with E-state index >= 15 is 0 Å². The van der Waals surface area contributed by atoms with Gasteiger partial charge in [0.25, 0.3) is 5.69 Å². The Kier molecular flexibility index (Phi) is 6.97. The Morgan fingerprint density at radius 1 is 1.40 bits per heavy atom. The molecule has 0 aliphatic carbocycles. The predicted molar refractivity (Wildman–Crippen MR) is 79.9 cm³/mol. The highest BCUT2D eigenvalue weighted by Gasteiger charge is 2.17. The van der Waals surface area contributed by atoms with Crippen molar-refractivity contribution in [1.82, 2.24) is 4.90 Å². The molecule has 1 rings (SSSR count). The summed E-state index contributed by atoms with van der Waals surface area (Å²) >= 11 is 0. The fraction of sp³-hybridized carbons (Fsp3) is 0.571. The predicted octanol–water partition coefficient (Wildman–Crippen LogP) is 2.23. The highest BCUT2D eigenvalue weighted by atomic mass is 16.6. The number of para-hydroxylation sites is 1. The zero-order valence-electron chi connectivity index (χ0n) is 12.1. The van der Waals surface area contributed by atoms with Crippen LogP contribution in [0.15, 0.2) is 18.2 Å². The molecule has 1 aromatic rings. The third-order valence-electron chi connectivity index (χ3n) is 3.21. The van der Waals surface area contributed by atoms with Gasteiger partial charge in [-0.3, -0.25) is 15.0 Å². The summed E-state index contributed by atoms with van der Waals surface area (Å²) in [5.41, 5.74) is 1.52. The number of benzene rings is 1. The molecule has 0 saturated carbocycles. The lowest BCUT2D eigenvalue weighted by molar-refractivity contribution is -0.384. The van der Waals surface area contributed by atoms with Crippen LogP contribution in [0.1, 0.15) is 25.3 Å². The van der Waals surface area contributed by atoms with Crippen LogP contribution in [0.2, 0.25) is 0 Å². The lowest BCUT2D eigenvalue weighted by Crippen LogP contribution is -2.28. The molecule has 0 saturated heterocycles. The molecule has 0 heterocycles. The summed E-state index contributed by atoms with van der Waals surface area (Å²) in [6.07, 6.45) is 2.12. The molecule has 6 heteroatoms. The number of hydrogen-bond donors (Lipinski definition) is 2. The molecule has 6 nitrogen and oxygen atoms in total. The maximum absolute atomic E-state index is 11.0.